The Morgan fingerprint density at radius 1 is 0.951 bits per heavy atom. The van der Waals surface area contributed by atoms with E-state index >= 15 is 0 Å². The number of hydrogen-bond donors (Lipinski definition) is 1. The van der Waals surface area contributed by atoms with Crippen LogP contribution in [0.2, 0.25) is 0 Å². The molecule has 7 atom stereocenters. The van der Waals surface area contributed by atoms with Gasteiger partial charge in [-0.05, 0) is 104 Å². The Kier molecular flexibility index (Phi) is 7.55. The zero-order valence-corrected chi connectivity index (χ0v) is 24.9. The van der Waals surface area contributed by atoms with Gasteiger partial charge in [-0.2, -0.15) is 13.2 Å². The van der Waals surface area contributed by atoms with Crippen molar-refractivity contribution in [2.75, 3.05) is 39.8 Å². The number of fused-ring (bicyclic) bond motifs is 5. The molecule has 0 amide bonds. The number of ketones is 1. The van der Waals surface area contributed by atoms with Crippen LogP contribution in [0.15, 0.2) is 18.2 Å². The van der Waals surface area contributed by atoms with Gasteiger partial charge < -0.3 is 9.84 Å². The van der Waals surface area contributed by atoms with Crippen molar-refractivity contribution in [2.45, 2.75) is 90.0 Å². The molecule has 0 unspecified atom stereocenters. The molecule has 5 aliphatic rings. The van der Waals surface area contributed by atoms with E-state index < -0.39 is 17.3 Å². The largest absolute Gasteiger partial charge is 0.497 e. The van der Waals surface area contributed by atoms with Crippen molar-refractivity contribution in [3.63, 3.8) is 0 Å². The van der Waals surface area contributed by atoms with Gasteiger partial charge in [0.15, 0.2) is 0 Å². The number of rotatable bonds is 5. The van der Waals surface area contributed by atoms with Crippen LogP contribution < -0.4 is 4.74 Å². The molecule has 4 saturated carbocycles. The third-order valence-electron chi connectivity index (χ3n) is 12.4. The summed E-state index contributed by atoms with van der Waals surface area (Å²) in [6, 6.07) is 3.96. The summed E-state index contributed by atoms with van der Waals surface area (Å²) in [5, 5.41) is 11.8. The number of methoxy groups -OCH3 is 1. The zero-order chi connectivity index (χ0) is 29.2. The number of aliphatic hydroxyl groups is 1. The molecule has 5 fully saturated rings. The van der Waals surface area contributed by atoms with Crippen molar-refractivity contribution in [1.29, 1.82) is 0 Å². The molecular formula is C33H47F3N2O3. The lowest BCUT2D eigenvalue weighted by Crippen LogP contribution is -2.59. The zero-order valence-electron chi connectivity index (χ0n) is 24.9. The Hall–Kier alpha value is -1.64. The Labute approximate surface area is 242 Å². The number of nitrogens with zero attached hydrogens (tertiary/aromatic N) is 2. The molecule has 6 rings (SSSR count). The Bertz CT molecular complexity index is 1150. The fourth-order valence-corrected chi connectivity index (χ4v) is 10.1. The summed E-state index contributed by atoms with van der Waals surface area (Å²) in [5.41, 5.74) is -0.580. The first kappa shape index (κ1) is 29.4. The Morgan fingerprint density at radius 3 is 2.39 bits per heavy atom. The molecule has 8 heteroatoms. The molecule has 5 nitrogen and oxygen atoms in total. The van der Waals surface area contributed by atoms with Crippen molar-refractivity contribution in [2.24, 2.45) is 34.5 Å². The molecule has 4 aliphatic carbocycles. The van der Waals surface area contributed by atoms with Crippen LogP contribution >= 0.6 is 0 Å². The number of carbonyl (C=O) groups excluding carboxylic acids is 1. The molecule has 1 saturated heterocycles. The number of alkyl halides is 3. The minimum Gasteiger partial charge on any atom is -0.497 e. The van der Waals surface area contributed by atoms with Crippen molar-refractivity contribution >= 4 is 5.78 Å². The van der Waals surface area contributed by atoms with Gasteiger partial charge in [-0.3, -0.25) is 14.6 Å². The first-order valence-corrected chi connectivity index (χ1v) is 15.8. The highest BCUT2D eigenvalue weighted by Gasteiger charge is 2.61. The molecule has 41 heavy (non-hydrogen) atoms. The summed E-state index contributed by atoms with van der Waals surface area (Å²) < 4.78 is 45.2. The SMILES string of the molecule is COc1cc(CN2CCN(C[C@@]3(O)CC[C@@]4(C)[C@@H](CC[C@@H]5[C@@H]4CC[C@]4(C)C(=O)CC[C@@H]54)C3)CC2)cc(C(F)(F)F)c1. The number of β-amino-alcohol motifs (C(OH)–C–C–N with tert-alkyl or cyclic N) is 1. The molecule has 1 N–H and O–H groups in total. The fourth-order valence-electron chi connectivity index (χ4n) is 10.1. The molecule has 1 aliphatic heterocycles. The smallest absolute Gasteiger partial charge is 0.416 e. The standard InChI is InChI=1S/C33H47F3N2O3/c1-30-10-11-32(40,19-23(30)4-5-26-27-6-7-29(39)31(27,2)9-8-28(26)30)21-38-14-12-37(13-15-38)20-22-16-24(33(34,35)36)18-25(17-22)41-3/h16-18,23,26-28,40H,4-15,19-21H2,1-3H3/t23-,26-,27-,28-,30-,31-,32+/m0/s1. The summed E-state index contributed by atoms with van der Waals surface area (Å²) in [5.74, 6) is 3.15. The fraction of sp³-hybridized carbons (Fsp3) is 0.788. The lowest BCUT2D eigenvalue weighted by Gasteiger charge is -2.61. The second-order valence-electron chi connectivity index (χ2n) is 14.6. The van der Waals surface area contributed by atoms with Crippen LogP contribution in [0.1, 0.15) is 82.8 Å². The minimum atomic E-state index is -4.40. The molecule has 0 bridgehead atoms. The summed E-state index contributed by atoms with van der Waals surface area (Å²) in [6.45, 7) is 9.00. The van der Waals surface area contributed by atoms with Gasteiger partial charge in [0, 0.05) is 51.1 Å². The number of Topliss-reactive ketones (excluding diaryl/α,β-unsaturated/α-hetero) is 1. The predicted molar refractivity (Wildman–Crippen MR) is 151 cm³/mol. The average Bonchev–Trinajstić information content (AvgIpc) is 3.24. The van der Waals surface area contributed by atoms with Crippen LogP contribution in [0.4, 0.5) is 13.2 Å². The molecule has 1 heterocycles. The van der Waals surface area contributed by atoms with Crippen molar-refractivity contribution < 1.29 is 27.8 Å². The van der Waals surface area contributed by atoms with E-state index in [1.165, 1.54) is 19.6 Å². The number of ether oxygens (including phenoxy) is 1. The highest BCUT2D eigenvalue weighted by atomic mass is 19.4. The van der Waals surface area contributed by atoms with E-state index in [0.29, 0.717) is 48.1 Å². The number of piperazine rings is 1. The van der Waals surface area contributed by atoms with Gasteiger partial charge in [0.1, 0.15) is 11.5 Å². The maximum absolute atomic E-state index is 13.4. The lowest BCUT2D eigenvalue weighted by atomic mass is 9.44. The quantitative estimate of drug-likeness (QED) is 0.454. The average molecular weight is 577 g/mol. The molecule has 0 spiro atoms. The second-order valence-corrected chi connectivity index (χ2v) is 14.6. The van der Waals surface area contributed by atoms with Gasteiger partial charge in [-0.25, -0.2) is 0 Å². The van der Waals surface area contributed by atoms with Crippen LogP contribution in [0.5, 0.6) is 5.75 Å². The van der Waals surface area contributed by atoms with Crippen LogP contribution in [0, 0.1) is 34.5 Å². The molecule has 0 aromatic heterocycles. The van der Waals surface area contributed by atoms with E-state index in [-0.39, 0.29) is 16.6 Å². The Morgan fingerprint density at radius 2 is 1.68 bits per heavy atom. The lowest BCUT2D eigenvalue weighted by molar-refractivity contribution is -0.158. The van der Waals surface area contributed by atoms with Gasteiger partial charge in [0.2, 0.25) is 0 Å². The normalized spacial score (nSPS) is 40.1. The van der Waals surface area contributed by atoms with Crippen molar-refractivity contribution in [1.82, 2.24) is 9.80 Å². The van der Waals surface area contributed by atoms with Gasteiger partial charge in [0.25, 0.3) is 0 Å². The van der Waals surface area contributed by atoms with E-state index in [1.807, 2.05) is 0 Å². The highest BCUT2D eigenvalue weighted by Crippen LogP contribution is 2.66. The summed E-state index contributed by atoms with van der Waals surface area (Å²) >= 11 is 0. The summed E-state index contributed by atoms with van der Waals surface area (Å²) in [7, 11) is 1.39. The molecular weight excluding hydrogens is 529 g/mol. The van der Waals surface area contributed by atoms with E-state index in [9.17, 15) is 23.1 Å². The van der Waals surface area contributed by atoms with E-state index in [1.54, 1.807) is 6.07 Å². The number of carbonyl (C=O) groups is 1. The van der Waals surface area contributed by atoms with E-state index in [2.05, 4.69) is 23.6 Å². The van der Waals surface area contributed by atoms with Gasteiger partial charge in [0.05, 0.1) is 18.3 Å². The number of hydrogen-bond acceptors (Lipinski definition) is 5. The summed E-state index contributed by atoms with van der Waals surface area (Å²) in [6.07, 6.45) is 4.76. The predicted octanol–water partition coefficient (Wildman–Crippen LogP) is 6.17. The van der Waals surface area contributed by atoms with Crippen LogP contribution in [-0.4, -0.2) is 66.1 Å². The maximum Gasteiger partial charge on any atom is 0.416 e. The molecule has 1 aromatic rings. The second kappa shape index (κ2) is 10.5. The third-order valence-corrected chi connectivity index (χ3v) is 12.4. The number of benzene rings is 1. The third kappa shape index (κ3) is 5.35. The molecule has 1 aromatic carbocycles. The first-order valence-electron chi connectivity index (χ1n) is 15.8. The van der Waals surface area contributed by atoms with Crippen LogP contribution in [0.25, 0.3) is 0 Å². The maximum atomic E-state index is 13.4. The minimum absolute atomic E-state index is 0.0882. The highest BCUT2D eigenvalue weighted by molar-refractivity contribution is 5.87. The van der Waals surface area contributed by atoms with Gasteiger partial charge >= 0.3 is 6.18 Å². The van der Waals surface area contributed by atoms with Gasteiger partial charge in [-0.1, -0.05) is 13.8 Å². The topological polar surface area (TPSA) is 53.0 Å². The van der Waals surface area contributed by atoms with Crippen molar-refractivity contribution in [3.8, 4) is 5.75 Å². The van der Waals surface area contributed by atoms with Crippen LogP contribution in [0.3, 0.4) is 0 Å². The molecule has 228 valence electrons. The summed E-state index contributed by atoms with van der Waals surface area (Å²) in [4.78, 5) is 17.3. The van der Waals surface area contributed by atoms with Gasteiger partial charge in [-0.15, -0.1) is 0 Å². The van der Waals surface area contributed by atoms with E-state index in [4.69, 9.17) is 4.74 Å². The van der Waals surface area contributed by atoms with Crippen molar-refractivity contribution in [3.05, 3.63) is 29.3 Å². The molecule has 0 radical (unpaired) electrons. The van der Waals surface area contributed by atoms with Crippen LogP contribution in [-0.2, 0) is 17.5 Å². The van der Waals surface area contributed by atoms with E-state index in [0.717, 1.165) is 83.6 Å². The first-order chi connectivity index (χ1) is 19.3. The Balaban J connectivity index is 1.04. The monoisotopic (exact) mass is 576 g/mol. The number of halogens is 3.